The van der Waals surface area contributed by atoms with E-state index in [1.54, 1.807) is 4.90 Å². The molecule has 5 heteroatoms. The van der Waals surface area contributed by atoms with E-state index in [9.17, 15) is 13.6 Å². The Bertz CT molecular complexity index is 470. The average Bonchev–Trinajstić information content (AvgIpc) is 2.61. The van der Waals surface area contributed by atoms with Gasteiger partial charge < -0.3 is 9.64 Å². The van der Waals surface area contributed by atoms with E-state index in [0.717, 1.165) is 12.8 Å². The minimum atomic E-state index is -2.57. The van der Waals surface area contributed by atoms with Crippen LogP contribution in [0.5, 0.6) is 0 Å². The predicted octanol–water partition coefficient (Wildman–Crippen LogP) is 4.46. The maximum Gasteiger partial charge on any atom is 0.410 e. The Balaban J connectivity index is 1.77. The zero-order chi connectivity index (χ0) is 16.5. The van der Waals surface area contributed by atoms with Gasteiger partial charge in [0.2, 0.25) is 0 Å². The molecule has 2 bridgehead atoms. The van der Waals surface area contributed by atoms with Crippen LogP contribution in [0.1, 0.15) is 60.3 Å². The standard InChI is InChI=1S/C17H27F2NO2/c1-10(2)13-16(17(13,18)19)8-11-6-7-12(9-16)20(11)14(21)22-15(3,4)5/h10-13H,6-9H2,1-5H3. The summed E-state index contributed by atoms with van der Waals surface area (Å²) in [5, 5.41) is 0. The fourth-order valence-electron chi connectivity index (χ4n) is 5.02. The summed E-state index contributed by atoms with van der Waals surface area (Å²) in [6.45, 7) is 9.27. The predicted molar refractivity (Wildman–Crippen MR) is 79.8 cm³/mol. The third-order valence-corrected chi connectivity index (χ3v) is 5.66. The Morgan fingerprint density at radius 2 is 1.68 bits per heavy atom. The van der Waals surface area contributed by atoms with Gasteiger partial charge in [-0.2, -0.15) is 0 Å². The Morgan fingerprint density at radius 1 is 1.18 bits per heavy atom. The van der Waals surface area contributed by atoms with Gasteiger partial charge in [-0.3, -0.25) is 0 Å². The maximum atomic E-state index is 14.4. The zero-order valence-corrected chi connectivity index (χ0v) is 14.2. The summed E-state index contributed by atoms with van der Waals surface area (Å²) in [7, 11) is 0. The van der Waals surface area contributed by atoms with Crippen molar-refractivity contribution in [3.05, 3.63) is 0 Å². The van der Waals surface area contributed by atoms with E-state index in [-0.39, 0.29) is 24.1 Å². The molecule has 3 rings (SSSR count). The van der Waals surface area contributed by atoms with E-state index in [1.807, 2.05) is 34.6 Å². The number of rotatable bonds is 1. The molecule has 2 aliphatic heterocycles. The highest BCUT2D eigenvalue weighted by atomic mass is 19.3. The minimum absolute atomic E-state index is 0.0116. The highest BCUT2D eigenvalue weighted by molar-refractivity contribution is 5.70. The molecule has 2 heterocycles. The number of hydrogen-bond donors (Lipinski definition) is 0. The summed E-state index contributed by atoms with van der Waals surface area (Å²) < 4.78 is 34.3. The van der Waals surface area contributed by atoms with Gasteiger partial charge in [0, 0.05) is 23.4 Å². The van der Waals surface area contributed by atoms with E-state index < -0.39 is 22.9 Å². The maximum absolute atomic E-state index is 14.4. The van der Waals surface area contributed by atoms with E-state index in [1.165, 1.54) is 0 Å². The lowest BCUT2D eigenvalue weighted by Gasteiger charge is -2.40. The molecular formula is C17H27F2NO2. The number of piperidine rings is 1. The lowest BCUT2D eigenvalue weighted by atomic mass is 9.83. The summed E-state index contributed by atoms with van der Waals surface area (Å²) in [5.74, 6) is -3.10. The van der Waals surface area contributed by atoms with E-state index in [0.29, 0.717) is 12.8 Å². The molecule has 1 saturated carbocycles. The van der Waals surface area contributed by atoms with Crippen LogP contribution in [0.4, 0.5) is 13.6 Å². The van der Waals surface area contributed by atoms with Crippen LogP contribution in [0.2, 0.25) is 0 Å². The van der Waals surface area contributed by atoms with Gasteiger partial charge in [0.25, 0.3) is 5.92 Å². The van der Waals surface area contributed by atoms with Gasteiger partial charge >= 0.3 is 6.09 Å². The Hall–Kier alpha value is -0.870. The number of carbonyl (C=O) groups is 1. The number of ether oxygens (including phenoxy) is 1. The number of amides is 1. The van der Waals surface area contributed by atoms with E-state index in [4.69, 9.17) is 4.74 Å². The molecule has 0 N–H and O–H groups in total. The second kappa shape index (κ2) is 4.57. The van der Waals surface area contributed by atoms with Crippen LogP contribution in [-0.4, -0.2) is 34.6 Å². The quantitative estimate of drug-likeness (QED) is 0.715. The van der Waals surface area contributed by atoms with Crippen molar-refractivity contribution in [3.8, 4) is 0 Å². The van der Waals surface area contributed by atoms with Crippen molar-refractivity contribution in [3.63, 3.8) is 0 Å². The largest absolute Gasteiger partial charge is 0.444 e. The molecule has 1 aliphatic carbocycles. The fraction of sp³-hybridized carbons (Fsp3) is 0.941. The molecular weight excluding hydrogens is 288 g/mol. The van der Waals surface area contributed by atoms with Crippen LogP contribution in [0.3, 0.4) is 0 Å². The first-order chi connectivity index (χ1) is 9.99. The first kappa shape index (κ1) is 16.0. The highest BCUT2D eigenvalue weighted by Gasteiger charge is 2.82. The number of nitrogens with zero attached hydrogens (tertiary/aromatic N) is 1. The smallest absolute Gasteiger partial charge is 0.410 e. The molecule has 2 saturated heterocycles. The molecule has 3 aliphatic rings. The molecule has 22 heavy (non-hydrogen) atoms. The summed E-state index contributed by atoms with van der Waals surface area (Å²) in [4.78, 5) is 14.2. The average molecular weight is 315 g/mol. The molecule has 3 nitrogen and oxygen atoms in total. The van der Waals surface area contributed by atoms with Crippen molar-refractivity contribution in [2.24, 2.45) is 17.3 Å². The molecule has 126 valence electrons. The van der Waals surface area contributed by atoms with Gasteiger partial charge in [-0.25, -0.2) is 13.6 Å². The SMILES string of the molecule is CC(C)C1C(F)(F)C12CC1CCC(C2)N1C(=O)OC(C)(C)C. The Labute approximate surface area is 131 Å². The molecule has 3 fully saturated rings. The van der Waals surface area contributed by atoms with Crippen molar-refractivity contribution < 1.29 is 18.3 Å². The zero-order valence-electron chi connectivity index (χ0n) is 14.2. The molecule has 1 amide bonds. The summed E-state index contributed by atoms with van der Waals surface area (Å²) in [5.41, 5.74) is -1.42. The van der Waals surface area contributed by atoms with Crippen molar-refractivity contribution in [1.29, 1.82) is 0 Å². The highest BCUT2D eigenvalue weighted by Crippen LogP contribution is 2.75. The summed E-state index contributed by atoms with van der Waals surface area (Å²) in [6, 6.07) is -0.161. The second-order valence-corrected chi connectivity index (χ2v) is 8.68. The van der Waals surface area contributed by atoms with Crippen LogP contribution in [0, 0.1) is 17.3 Å². The van der Waals surface area contributed by atoms with Gasteiger partial charge in [0.15, 0.2) is 0 Å². The van der Waals surface area contributed by atoms with Crippen LogP contribution >= 0.6 is 0 Å². The van der Waals surface area contributed by atoms with Gasteiger partial charge in [0.1, 0.15) is 5.60 Å². The number of carbonyl (C=O) groups excluding carboxylic acids is 1. The first-order valence-corrected chi connectivity index (χ1v) is 8.39. The number of alkyl halides is 2. The Kier molecular flexibility index (Phi) is 3.33. The normalized spacial score (nSPS) is 39.5. The molecule has 1 spiro atoms. The van der Waals surface area contributed by atoms with Crippen molar-refractivity contribution in [2.75, 3.05) is 0 Å². The third-order valence-electron chi connectivity index (χ3n) is 5.66. The first-order valence-electron chi connectivity index (χ1n) is 8.39. The van der Waals surface area contributed by atoms with Gasteiger partial charge in [-0.15, -0.1) is 0 Å². The summed E-state index contributed by atoms with van der Waals surface area (Å²) in [6.07, 6.45) is 2.18. The van der Waals surface area contributed by atoms with Crippen molar-refractivity contribution >= 4 is 6.09 Å². The minimum Gasteiger partial charge on any atom is -0.444 e. The van der Waals surface area contributed by atoms with E-state index >= 15 is 0 Å². The second-order valence-electron chi connectivity index (χ2n) is 8.68. The molecule has 3 atom stereocenters. The van der Waals surface area contributed by atoms with Gasteiger partial charge in [-0.05, 0) is 52.4 Å². The molecule has 0 radical (unpaired) electrons. The molecule has 0 aromatic rings. The number of fused-ring (bicyclic) bond motifs is 2. The van der Waals surface area contributed by atoms with Crippen LogP contribution in [0.25, 0.3) is 0 Å². The number of hydrogen-bond acceptors (Lipinski definition) is 2. The fourth-order valence-corrected chi connectivity index (χ4v) is 5.02. The van der Waals surface area contributed by atoms with Gasteiger partial charge in [-0.1, -0.05) is 13.8 Å². The lowest BCUT2D eigenvalue weighted by molar-refractivity contribution is -0.0203. The third kappa shape index (κ3) is 2.15. The number of halogens is 2. The van der Waals surface area contributed by atoms with Crippen LogP contribution < -0.4 is 0 Å². The van der Waals surface area contributed by atoms with Crippen molar-refractivity contribution in [2.45, 2.75) is 83.9 Å². The summed E-state index contributed by atoms with van der Waals surface area (Å²) >= 11 is 0. The van der Waals surface area contributed by atoms with Crippen molar-refractivity contribution in [1.82, 2.24) is 4.90 Å². The monoisotopic (exact) mass is 315 g/mol. The van der Waals surface area contributed by atoms with E-state index in [2.05, 4.69) is 0 Å². The topological polar surface area (TPSA) is 29.5 Å². The molecule has 3 unspecified atom stereocenters. The molecule has 0 aromatic carbocycles. The van der Waals surface area contributed by atoms with Crippen LogP contribution in [0.15, 0.2) is 0 Å². The van der Waals surface area contributed by atoms with Gasteiger partial charge in [0.05, 0.1) is 0 Å². The lowest BCUT2D eigenvalue weighted by Crippen LogP contribution is -2.50. The Morgan fingerprint density at radius 3 is 2.05 bits per heavy atom. The van der Waals surface area contributed by atoms with Crippen LogP contribution in [-0.2, 0) is 4.74 Å². The molecule has 0 aromatic heterocycles.